The van der Waals surface area contributed by atoms with E-state index in [9.17, 15) is 12.8 Å². The zero-order valence-corrected chi connectivity index (χ0v) is 15.1. The third-order valence-electron chi connectivity index (χ3n) is 4.27. The molecule has 3 aromatic carbocycles. The lowest BCUT2D eigenvalue weighted by Crippen LogP contribution is -2.08. The van der Waals surface area contributed by atoms with Crippen molar-refractivity contribution in [2.24, 2.45) is 0 Å². The van der Waals surface area contributed by atoms with Gasteiger partial charge >= 0.3 is 0 Å². The summed E-state index contributed by atoms with van der Waals surface area (Å²) in [5, 5.41) is 1.93. The van der Waals surface area contributed by atoms with Gasteiger partial charge in [0.1, 0.15) is 12.1 Å². The second-order valence-corrected chi connectivity index (χ2v) is 8.39. The number of rotatable bonds is 5. The van der Waals surface area contributed by atoms with E-state index in [0.717, 1.165) is 16.3 Å². The molecule has 0 unspecified atom stereocenters. The Kier molecular flexibility index (Phi) is 4.49. The van der Waals surface area contributed by atoms with Crippen LogP contribution in [0, 0.1) is 5.82 Å². The second-order valence-electron chi connectivity index (χ2n) is 6.32. The molecule has 0 amide bonds. The number of sulfone groups is 1. The molecule has 1 heterocycles. The molecular formula is C21H16FNO3S. The Morgan fingerprint density at radius 2 is 1.63 bits per heavy atom. The number of hydrogen-bond donors (Lipinski definition) is 0. The van der Waals surface area contributed by atoms with E-state index in [4.69, 9.17) is 4.42 Å². The molecule has 0 N–H and O–H groups in total. The van der Waals surface area contributed by atoms with Gasteiger partial charge in [-0.1, -0.05) is 42.5 Å². The van der Waals surface area contributed by atoms with Gasteiger partial charge in [0.15, 0.2) is 9.84 Å². The fraction of sp³-hybridized carbons (Fsp3) is 0.0952. The summed E-state index contributed by atoms with van der Waals surface area (Å²) in [5.74, 6) is -0.387. The fourth-order valence-corrected chi connectivity index (χ4v) is 4.44. The molecule has 0 aliphatic heterocycles. The molecule has 4 rings (SSSR count). The molecule has 6 heteroatoms. The van der Waals surface area contributed by atoms with Crippen LogP contribution in [-0.2, 0) is 21.3 Å². The van der Waals surface area contributed by atoms with Crippen molar-refractivity contribution in [3.8, 4) is 11.5 Å². The normalized spacial score (nSPS) is 11.7. The maximum Gasteiger partial charge on any atom is 0.226 e. The van der Waals surface area contributed by atoms with Crippen LogP contribution < -0.4 is 0 Å². The topological polar surface area (TPSA) is 60.2 Å². The number of hydrogen-bond acceptors (Lipinski definition) is 4. The molecule has 27 heavy (non-hydrogen) atoms. The zero-order chi connectivity index (χ0) is 18.9. The summed E-state index contributed by atoms with van der Waals surface area (Å²) in [5.41, 5.74) is 1.68. The second kappa shape index (κ2) is 6.96. The van der Waals surface area contributed by atoms with Crippen molar-refractivity contribution < 1.29 is 17.2 Å². The van der Waals surface area contributed by atoms with Crippen molar-refractivity contribution in [2.75, 3.05) is 0 Å². The molecule has 0 atom stereocenters. The van der Waals surface area contributed by atoms with E-state index >= 15 is 0 Å². The summed E-state index contributed by atoms with van der Waals surface area (Å²) in [6.45, 7) is 0. The van der Waals surface area contributed by atoms with E-state index in [-0.39, 0.29) is 23.2 Å². The number of fused-ring (bicyclic) bond motifs is 1. The minimum Gasteiger partial charge on any atom is -0.444 e. The molecule has 0 fully saturated rings. The lowest BCUT2D eigenvalue weighted by atomic mass is 10.1. The van der Waals surface area contributed by atoms with Crippen LogP contribution in [0.25, 0.3) is 22.2 Å². The van der Waals surface area contributed by atoms with Gasteiger partial charge in [0.25, 0.3) is 0 Å². The highest BCUT2D eigenvalue weighted by atomic mass is 32.2. The highest BCUT2D eigenvalue weighted by Crippen LogP contribution is 2.23. The van der Waals surface area contributed by atoms with Crippen molar-refractivity contribution in [3.05, 3.63) is 90.1 Å². The maximum atomic E-state index is 13.0. The Labute approximate surface area is 156 Å². The van der Waals surface area contributed by atoms with Gasteiger partial charge in [0, 0.05) is 5.56 Å². The largest absolute Gasteiger partial charge is 0.444 e. The highest BCUT2D eigenvalue weighted by molar-refractivity contribution is 7.89. The molecule has 1 aromatic heterocycles. The van der Waals surface area contributed by atoms with E-state index in [0.29, 0.717) is 11.3 Å². The van der Waals surface area contributed by atoms with Crippen LogP contribution in [0.2, 0.25) is 0 Å². The average molecular weight is 381 g/mol. The summed E-state index contributed by atoms with van der Waals surface area (Å²) in [7, 11) is -3.44. The molecule has 4 aromatic rings. The Bertz CT molecular complexity index is 1190. The van der Waals surface area contributed by atoms with Crippen molar-refractivity contribution in [3.63, 3.8) is 0 Å². The molecule has 0 bridgehead atoms. The van der Waals surface area contributed by atoms with Crippen molar-refractivity contribution >= 4 is 20.6 Å². The van der Waals surface area contributed by atoms with Crippen LogP contribution in [0.4, 0.5) is 4.39 Å². The van der Waals surface area contributed by atoms with Crippen molar-refractivity contribution in [1.82, 2.24) is 4.98 Å². The molecule has 0 aliphatic rings. The van der Waals surface area contributed by atoms with Gasteiger partial charge in [-0.15, -0.1) is 0 Å². The molecule has 0 aliphatic carbocycles. The first-order valence-corrected chi connectivity index (χ1v) is 10.2. The van der Waals surface area contributed by atoms with Gasteiger partial charge in [-0.05, 0) is 40.6 Å². The van der Waals surface area contributed by atoms with E-state index in [2.05, 4.69) is 4.98 Å². The summed E-state index contributed by atoms with van der Waals surface area (Å²) in [6.07, 6.45) is 1.33. The molecule has 136 valence electrons. The standard InChI is InChI=1S/C21H16FNO3S/c22-18-10-8-16(9-11-18)21-23-19(12-26-21)14-27(24,25)13-17-6-3-5-15-4-1-2-7-20(15)17/h1-12H,13-14H2. The Morgan fingerprint density at radius 3 is 2.44 bits per heavy atom. The van der Waals surface area contributed by atoms with Gasteiger partial charge in [-0.3, -0.25) is 0 Å². The van der Waals surface area contributed by atoms with Crippen LogP contribution in [0.15, 0.2) is 77.4 Å². The molecule has 4 nitrogen and oxygen atoms in total. The molecule has 0 spiro atoms. The number of halogens is 1. The number of benzene rings is 3. The van der Waals surface area contributed by atoms with Crippen LogP contribution in [0.5, 0.6) is 0 Å². The summed E-state index contributed by atoms with van der Waals surface area (Å²) in [6, 6.07) is 19.0. The molecule has 0 saturated carbocycles. The minimum atomic E-state index is -3.44. The number of nitrogens with zero attached hydrogens (tertiary/aromatic N) is 1. The Morgan fingerprint density at radius 1 is 0.889 bits per heavy atom. The quantitative estimate of drug-likeness (QED) is 0.501. The lowest BCUT2D eigenvalue weighted by Gasteiger charge is -2.07. The average Bonchev–Trinajstić information content (AvgIpc) is 3.10. The third kappa shape index (κ3) is 3.90. The Balaban J connectivity index is 1.56. The van der Waals surface area contributed by atoms with Gasteiger partial charge in [0.05, 0.1) is 17.2 Å². The first-order chi connectivity index (χ1) is 13.0. The SMILES string of the molecule is O=S(=O)(Cc1coc(-c2ccc(F)cc2)n1)Cc1cccc2ccccc12. The first kappa shape index (κ1) is 17.4. The maximum absolute atomic E-state index is 13.0. The Hall–Kier alpha value is -2.99. The lowest BCUT2D eigenvalue weighted by molar-refractivity contribution is 0.571. The monoisotopic (exact) mass is 381 g/mol. The van der Waals surface area contributed by atoms with Crippen molar-refractivity contribution in [1.29, 1.82) is 0 Å². The van der Waals surface area contributed by atoms with E-state index in [1.165, 1.54) is 30.5 Å². The van der Waals surface area contributed by atoms with Crippen LogP contribution in [-0.4, -0.2) is 13.4 Å². The van der Waals surface area contributed by atoms with Crippen LogP contribution >= 0.6 is 0 Å². The zero-order valence-electron chi connectivity index (χ0n) is 14.3. The van der Waals surface area contributed by atoms with Gasteiger partial charge in [-0.2, -0.15) is 0 Å². The minimum absolute atomic E-state index is 0.0763. The van der Waals surface area contributed by atoms with Gasteiger partial charge in [0.2, 0.25) is 5.89 Å². The van der Waals surface area contributed by atoms with E-state index < -0.39 is 9.84 Å². The summed E-state index contributed by atoms with van der Waals surface area (Å²) < 4.78 is 43.7. The summed E-state index contributed by atoms with van der Waals surface area (Å²) >= 11 is 0. The highest BCUT2D eigenvalue weighted by Gasteiger charge is 2.18. The summed E-state index contributed by atoms with van der Waals surface area (Å²) in [4.78, 5) is 4.23. The fourth-order valence-electron chi connectivity index (χ4n) is 3.03. The number of aromatic nitrogens is 1. The van der Waals surface area contributed by atoms with Crippen LogP contribution in [0.1, 0.15) is 11.3 Å². The van der Waals surface area contributed by atoms with Crippen molar-refractivity contribution in [2.45, 2.75) is 11.5 Å². The predicted molar refractivity (Wildman–Crippen MR) is 102 cm³/mol. The predicted octanol–water partition coefficient (Wildman–Crippen LogP) is 4.75. The number of oxazole rings is 1. The third-order valence-corrected chi connectivity index (χ3v) is 5.75. The van der Waals surface area contributed by atoms with E-state index in [1.807, 2.05) is 42.5 Å². The molecule has 0 saturated heterocycles. The molecular weight excluding hydrogens is 365 g/mol. The van der Waals surface area contributed by atoms with Gasteiger partial charge < -0.3 is 4.42 Å². The smallest absolute Gasteiger partial charge is 0.226 e. The van der Waals surface area contributed by atoms with Crippen LogP contribution in [0.3, 0.4) is 0 Å². The molecule has 0 radical (unpaired) electrons. The first-order valence-electron chi connectivity index (χ1n) is 8.38. The van der Waals surface area contributed by atoms with E-state index in [1.54, 1.807) is 0 Å². The van der Waals surface area contributed by atoms with Gasteiger partial charge in [-0.25, -0.2) is 17.8 Å².